The molecule has 0 saturated heterocycles. The number of H-pyrrole nitrogens is 1. The molecule has 0 atom stereocenters. The molecule has 0 saturated carbocycles. The second kappa shape index (κ2) is 7.54. The van der Waals surface area contributed by atoms with Crippen LogP contribution in [0.3, 0.4) is 0 Å². The molecule has 2 aromatic carbocycles. The first-order chi connectivity index (χ1) is 12.8. The first kappa shape index (κ1) is 19.1. The molecule has 27 heavy (non-hydrogen) atoms. The number of methoxy groups -OCH3 is 1. The third-order valence-electron chi connectivity index (χ3n) is 4.43. The summed E-state index contributed by atoms with van der Waals surface area (Å²) in [6, 6.07) is 13.7. The van der Waals surface area contributed by atoms with E-state index in [2.05, 4.69) is 23.6 Å². The number of aromatic amines is 1. The molecule has 0 bridgehead atoms. The fourth-order valence-corrected chi connectivity index (χ4v) is 3.78. The molecule has 0 fully saturated rings. The Bertz CT molecular complexity index is 1120. The molecule has 1 heterocycles. The van der Waals surface area contributed by atoms with Gasteiger partial charge in [-0.15, -0.1) is 0 Å². The molecular weight excluding hydrogens is 364 g/mol. The summed E-state index contributed by atoms with van der Waals surface area (Å²) in [6.45, 7) is 4.10. The number of ether oxygens (including phenoxy) is 1. The van der Waals surface area contributed by atoms with Gasteiger partial charge in [-0.05, 0) is 59.3 Å². The lowest BCUT2D eigenvalue weighted by molar-refractivity contribution is 0.414. The van der Waals surface area contributed by atoms with Crippen molar-refractivity contribution in [2.45, 2.75) is 31.2 Å². The van der Waals surface area contributed by atoms with E-state index in [9.17, 15) is 13.2 Å². The maximum absolute atomic E-state index is 12.5. The molecule has 3 aromatic rings. The summed E-state index contributed by atoms with van der Waals surface area (Å²) in [7, 11) is -2.22. The number of benzene rings is 2. The number of fused-ring (bicyclic) bond motifs is 1. The second-order valence-electron chi connectivity index (χ2n) is 6.63. The van der Waals surface area contributed by atoms with Gasteiger partial charge in [-0.25, -0.2) is 13.1 Å². The van der Waals surface area contributed by atoms with Gasteiger partial charge in [-0.3, -0.25) is 4.79 Å². The molecule has 0 radical (unpaired) electrons. The maximum atomic E-state index is 12.5. The summed E-state index contributed by atoms with van der Waals surface area (Å²) < 4.78 is 32.4. The van der Waals surface area contributed by atoms with Crippen molar-refractivity contribution in [3.05, 3.63) is 70.0 Å². The fourth-order valence-electron chi connectivity index (χ4n) is 2.77. The first-order valence-electron chi connectivity index (χ1n) is 8.60. The molecule has 0 aliphatic heterocycles. The number of sulfonamides is 1. The van der Waals surface area contributed by atoms with Crippen molar-refractivity contribution < 1.29 is 13.2 Å². The Hall–Kier alpha value is -2.64. The Morgan fingerprint density at radius 3 is 2.41 bits per heavy atom. The van der Waals surface area contributed by atoms with Crippen LogP contribution in [0, 0.1) is 0 Å². The van der Waals surface area contributed by atoms with Gasteiger partial charge in [0, 0.05) is 17.6 Å². The largest absolute Gasteiger partial charge is 0.497 e. The molecule has 7 heteroatoms. The van der Waals surface area contributed by atoms with E-state index >= 15 is 0 Å². The lowest BCUT2D eigenvalue weighted by atomic mass is 10.0. The van der Waals surface area contributed by atoms with E-state index in [0.717, 1.165) is 16.5 Å². The number of aromatic nitrogens is 1. The van der Waals surface area contributed by atoms with Crippen LogP contribution in [-0.2, 0) is 16.6 Å². The van der Waals surface area contributed by atoms with Crippen molar-refractivity contribution in [2.75, 3.05) is 7.11 Å². The van der Waals surface area contributed by atoms with Crippen LogP contribution in [0.15, 0.2) is 58.2 Å². The van der Waals surface area contributed by atoms with Crippen LogP contribution in [-0.4, -0.2) is 20.5 Å². The third kappa shape index (κ3) is 4.20. The Labute approximate surface area is 158 Å². The van der Waals surface area contributed by atoms with E-state index in [1.165, 1.54) is 19.2 Å². The minimum absolute atomic E-state index is 0.0917. The standard InChI is InChI=1S/C20H22N2O4S/c1-13(2)14-4-9-19-15(10-14)11-16(20(23)22-19)12-21-27(24,25)18-7-5-17(26-3)6-8-18/h4-11,13,21H,12H2,1-3H3,(H,22,23). The van der Waals surface area contributed by atoms with Crippen LogP contribution in [0.2, 0.25) is 0 Å². The monoisotopic (exact) mass is 386 g/mol. The highest BCUT2D eigenvalue weighted by Crippen LogP contribution is 2.20. The average Bonchev–Trinajstić information content (AvgIpc) is 2.66. The van der Waals surface area contributed by atoms with Crippen molar-refractivity contribution in [1.82, 2.24) is 9.71 Å². The van der Waals surface area contributed by atoms with Gasteiger partial charge < -0.3 is 9.72 Å². The van der Waals surface area contributed by atoms with Gasteiger partial charge >= 0.3 is 0 Å². The van der Waals surface area contributed by atoms with Crippen LogP contribution < -0.4 is 15.0 Å². The van der Waals surface area contributed by atoms with Crippen LogP contribution in [0.5, 0.6) is 5.75 Å². The zero-order valence-electron chi connectivity index (χ0n) is 15.4. The molecule has 1 aromatic heterocycles. The summed E-state index contributed by atoms with van der Waals surface area (Å²) in [5, 5.41) is 0.874. The Morgan fingerprint density at radius 2 is 1.78 bits per heavy atom. The summed E-state index contributed by atoms with van der Waals surface area (Å²) in [5.74, 6) is 0.930. The minimum atomic E-state index is -3.73. The predicted octanol–water partition coefficient (Wildman–Crippen LogP) is 3.14. The van der Waals surface area contributed by atoms with Crippen LogP contribution >= 0.6 is 0 Å². The molecule has 2 N–H and O–H groups in total. The third-order valence-corrected chi connectivity index (χ3v) is 5.85. The van der Waals surface area contributed by atoms with Gasteiger partial charge in [0.2, 0.25) is 10.0 Å². The SMILES string of the molecule is COc1ccc(S(=O)(=O)NCc2cc3cc(C(C)C)ccc3[nH]c2=O)cc1. The van der Waals surface area contributed by atoms with Gasteiger partial charge in [0.15, 0.2) is 0 Å². The fraction of sp³-hybridized carbons (Fsp3) is 0.250. The number of pyridine rings is 1. The lowest BCUT2D eigenvalue weighted by Crippen LogP contribution is -2.27. The van der Waals surface area contributed by atoms with Crippen LogP contribution in [0.25, 0.3) is 10.9 Å². The van der Waals surface area contributed by atoms with Crippen LogP contribution in [0.4, 0.5) is 0 Å². The molecular formula is C20H22N2O4S. The molecule has 0 aliphatic carbocycles. The second-order valence-corrected chi connectivity index (χ2v) is 8.39. The highest BCUT2D eigenvalue weighted by Gasteiger charge is 2.15. The summed E-state index contributed by atoms with van der Waals surface area (Å²) in [6.07, 6.45) is 0. The quantitative estimate of drug-likeness (QED) is 0.681. The predicted molar refractivity (Wildman–Crippen MR) is 106 cm³/mol. The summed E-state index contributed by atoms with van der Waals surface area (Å²) in [5.41, 5.74) is 1.93. The topological polar surface area (TPSA) is 88.3 Å². The van der Waals surface area contributed by atoms with E-state index in [1.54, 1.807) is 18.2 Å². The van der Waals surface area contributed by atoms with Crippen molar-refractivity contribution in [3.8, 4) is 5.75 Å². The zero-order chi connectivity index (χ0) is 19.6. The lowest BCUT2D eigenvalue weighted by Gasteiger charge is -2.10. The number of rotatable bonds is 6. The normalized spacial score (nSPS) is 11.9. The molecule has 0 unspecified atom stereocenters. The molecule has 0 spiro atoms. The van der Waals surface area contributed by atoms with Gasteiger partial charge in [0.1, 0.15) is 5.75 Å². The van der Waals surface area contributed by atoms with Gasteiger partial charge in [0.25, 0.3) is 5.56 Å². The van der Waals surface area contributed by atoms with Gasteiger partial charge in [-0.1, -0.05) is 19.9 Å². The highest BCUT2D eigenvalue weighted by atomic mass is 32.2. The minimum Gasteiger partial charge on any atom is -0.497 e. The van der Waals surface area contributed by atoms with E-state index in [-0.39, 0.29) is 17.0 Å². The van der Waals surface area contributed by atoms with E-state index in [0.29, 0.717) is 17.2 Å². The first-order valence-corrected chi connectivity index (χ1v) is 10.1. The van der Waals surface area contributed by atoms with Crippen molar-refractivity contribution in [1.29, 1.82) is 0 Å². The zero-order valence-corrected chi connectivity index (χ0v) is 16.3. The van der Waals surface area contributed by atoms with Crippen molar-refractivity contribution in [2.24, 2.45) is 0 Å². The smallest absolute Gasteiger partial charge is 0.252 e. The molecule has 6 nitrogen and oxygen atoms in total. The maximum Gasteiger partial charge on any atom is 0.252 e. The van der Waals surface area contributed by atoms with E-state index in [4.69, 9.17) is 4.74 Å². The van der Waals surface area contributed by atoms with E-state index in [1.807, 2.05) is 18.2 Å². The number of hydrogen-bond donors (Lipinski definition) is 2. The van der Waals surface area contributed by atoms with Crippen molar-refractivity contribution in [3.63, 3.8) is 0 Å². The Balaban J connectivity index is 1.86. The van der Waals surface area contributed by atoms with Crippen LogP contribution in [0.1, 0.15) is 30.9 Å². The van der Waals surface area contributed by atoms with Gasteiger partial charge in [0.05, 0.1) is 12.0 Å². The Kier molecular flexibility index (Phi) is 5.34. The molecule has 0 amide bonds. The number of nitrogens with one attached hydrogen (secondary N) is 2. The van der Waals surface area contributed by atoms with E-state index < -0.39 is 10.0 Å². The Morgan fingerprint density at radius 1 is 1.07 bits per heavy atom. The summed E-state index contributed by atoms with van der Waals surface area (Å²) >= 11 is 0. The number of hydrogen-bond acceptors (Lipinski definition) is 4. The van der Waals surface area contributed by atoms with Crippen molar-refractivity contribution >= 4 is 20.9 Å². The highest BCUT2D eigenvalue weighted by molar-refractivity contribution is 7.89. The molecule has 0 aliphatic rings. The molecule has 142 valence electrons. The summed E-state index contributed by atoms with van der Waals surface area (Å²) in [4.78, 5) is 15.2. The van der Waals surface area contributed by atoms with Gasteiger partial charge in [-0.2, -0.15) is 0 Å². The molecule has 3 rings (SSSR count). The average molecular weight is 386 g/mol.